The Kier molecular flexibility index (Phi) is 3.89. The highest BCUT2D eigenvalue weighted by molar-refractivity contribution is 6.30. The molecule has 0 radical (unpaired) electrons. The van der Waals surface area contributed by atoms with Crippen LogP contribution in [-0.2, 0) is 0 Å². The van der Waals surface area contributed by atoms with Crippen molar-refractivity contribution in [1.29, 1.82) is 0 Å². The van der Waals surface area contributed by atoms with E-state index < -0.39 is 0 Å². The van der Waals surface area contributed by atoms with Crippen LogP contribution in [0.3, 0.4) is 0 Å². The van der Waals surface area contributed by atoms with Crippen molar-refractivity contribution in [1.82, 2.24) is 10.2 Å². The van der Waals surface area contributed by atoms with E-state index in [1.807, 2.05) is 29.2 Å². The fraction of sp³-hybridized carbons (Fsp3) is 0.462. The molecule has 0 unspecified atom stereocenters. The van der Waals surface area contributed by atoms with Crippen LogP contribution in [0, 0.1) is 0 Å². The molecular weight excluding hydrogens is 236 g/mol. The lowest BCUT2D eigenvalue weighted by atomic mass is 10.0. The van der Waals surface area contributed by atoms with Crippen LogP contribution in [0.4, 0.5) is 4.79 Å². The van der Waals surface area contributed by atoms with E-state index in [-0.39, 0.29) is 12.1 Å². The first-order chi connectivity index (χ1) is 8.20. The van der Waals surface area contributed by atoms with Gasteiger partial charge in [-0.05, 0) is 30.5 Å². The molecule has 17 heavy (non-hydrogen) atoms. The van der Waals surface area contributed by atoms with Crippen molar-refractivity contribution < 1.29 is 4.79 Å². The summed E-state index contributed by atoms with van der Waals surface area (Å²) in [6.45, 7) is 3.82. The maximum absolute atomic E-state index is 11.8. The first kappa shape index (κ1) is 12.2. The summed E-state index contributed by atoms with van der Waals surface area (Å²) in [6.07, 6.45) is 1.99. The molecule has 1 aromatic carbocycles. The molecule has 4 heteroatoms. The van der Waals surface area contributed by atoms with Gasteiger partial charge in [0.05, 0.1) is 6.04 Å². The summed E-state index contributed by atoms with van der Waals surface area (Å²) >= 11 is 5.85. The van der Waals surface area contributed by atoms with Gasteiger partial charge in [-0.2, -0.15) is 0 Å². The molecule has 1 fully saturated rings. The van der Waals surface area contributed by atoms with E-state index in [0.717, 1.165) is 36.5 Å². The van der Waals surface area contributed by atoms with Crippen molar-refractivity contribution >= 4 is 17.6 Å². The Bertz CT molecular complexity index is 387. The minimum absolute atomic E-state index is 0.0399. The van der Waals surface area contributed by atoms with Crippen LogP contribution in [0.25, 0.3) is 0 Å². The lowest BCUT2D eigenvalue weighted by molar-refractivity contribution is 0.163. The van der Waals surface area contributed by atoms with Crippen molar-refractivity contribution in [3.63, 3.8) is 0 Å². The van der Waals surface area contributed by atoms with E-state index in [4.69, 9.17) is 11.6 Å². The predicted molar refractivity (Wildman–Crippen MR) is 69.2 cm³/mol. The van der Waals surface area contributed by atoms with E-state index >= 15 is 0 Å². The van der Waals surface area contributed by atoms with Crippen molar-refractivity contribution in [3.8, 4) is 0 Å². The minimum Gasteiger partial charge on any atom is -0.331 e. The first-order valence-electron chi connectivity index (χ1n) is 6.01. The Balaban J connectivity index is 2.00. The fourth-order valence-electron chi connectivity index (χ4n) is 1.88. The molecule has 1 aromatic rings. The summed E-state index contributed by atoms with van der Waals surface area (Å²) in [5.74, 6) is 0. The fourth-order valence-corrected chi connectivity index (χ4v) is 2.00. The average molecular weight is 253 g/mol. The number of benzene rings is 1. The van der Waals surface area contributed by atoms with Crippen molar-refractivity contribution in [2.45, 2.75) is 25.8 Å². The summed E-state index contributed by atoms with van der Waals surface area (Å²) in [4.78, 5) is 13.7. The molecule has 1 atom stereocenters. The van der Waals surface area contributed by atoms with Crippen LogP contribution < -0.4 is 5.32 Å². The molecular formula is C13H17ClN2O. The largest absolute Gasteiger partial charge is 0.331 e. The van der Waals surface area contributed by atoms with Crippen molar-refractivity contribution in [3.05, 3.63) is 34.9 Å². The Morgan fingerprint density at radius 3 is 2.53 bits per heavy atom. The number of hydrogen-bond donors (Lipinski definition) is 1. The monoisotopic (exact) mass is 252 g/mol. The summed E-state index contributed by atoms with van der Waals surface area (Å²) in [6, 6.07) is 7.75. The topological polar surface area (TPSA) is 32.3 Å². The van der Waals surface area contributed by atoms with Crippen LogP contribution >= 0.6 is 11.6 Å². The van der Waals surface area contributed by atoms with Crippen LogP contribution in [0.2, 0.25) is 5.02 Å². The summed E-state index contributed by atoms with van der Waals surface area (Å²) in [5.41, 5.74) is 1.10. The van der Waals surface area contributed by atoms with Gasteiger partial charge in [-0.15, -0.1) is 0 Å². The van der Waals surface area contributed by atoms with Gasteiger partial charge in [0, 0.05) is 18.1 Å². The second-order valence-corrected chi connectivity index (χ2v) is 4.74. The quantitative estimate of drug-likeness (QED) is 0.880. The molecule has 2 amide bonds. The van der Waals surface area contributed by atoms with Gasteiger partial charge >= 0.3 is 6.03 Å². The number of rotatable bonds is 3. The molecule has 92 valence electrons. The maximum Gasteiger partial charge on any atom is 0.317 e. The van der Waals surface area contributed by atoms with Gasteiger partial charge in [0.25, 0.3) is 0 Å². The van der Waals surface area contributed by atoms with Crippen LogP contribution in [0.15, 0.2) is 24.3 Å². The number of urea groups is 1. The molecule has 1 saturated heterocycles. The Morgan fingerprint density at radius 1 is 1.41 bits per heavy atom. The van der Waals surface area contributed by atoms with Crippen LogP contribution in [0.1, 0.15) is 31.4 Å². The number of nitrogens with one attached hydrogen (secondary N) is 1. The maximum atomic E-state index is 11.8. The smallest absolute Gasteiger partial charge is 0.317 e. The molecule has 3 nitrogen and oxygen atoms in total. The normalized spacial score (nSPS) is 16.2. The second kappa shape index (κ2) is 5.41. The van der Waals surface area contributed by atoms with Gasteiger partial charge in [0.1, 0.15) is 0 Å². The third-order valence-electron chi connectivity index (χ3n) is 3.12. The molecule has 1 aliphatic rings. The van der Waals surface area contributed by atoms with Gasteiger partial charge in [0.15, 0.2) is 0 Å². The van der Waals surface area contributed by atoms with Gasteiger partial charge in [-0.25, -0.2) is 4.79 Å². The SMILES string of the molecule is CC[C@H](NC(=O)N1CCC1)c1ccc(Cl)cc1. The lowest BCUT2D eigenvalue weighted by Gasteiger charge is -2.32. The molecule has 0 aliphatic carbocycles. The third-order valence-corrected chi connectivity index (χ3v) is 3.37. The highest BCUT2D eigenvalue weighted by Crippen LogP contribution is 2.20. The van der Waals surface area contributed by atoms with Gasteiger partial charge in [-0.3, -0.25) is 0 Å². The van der Waals surface area contributed by atoms with E-state index in [9.17, 15) is 4.79 Å². The zero-order valence-electron chi connectivity index (χ0n) is 9.95. The zero-order chi connectivity index (χ0) is 12.3. The first-order valence-corrected chi connectivity index (χ1v) is 6.39. The number of nitrogens with zero attached hydrogens (tertiary/aromatic N) is 1. The number of carbonyl (C=O) groups excluding carboxylic acids is 1. The Hall–Kier alpha value is -1.22. The van der Waals surface area contributed by atoms with Crippen LogP contribution in [-0.4, -0.2) is 24.0 Å². The van der Waals surface area contributed by atoms with E-state index in [2.05, 4.69) is 12.2 Å². The number of likely N-dealkylation sites (tertiary alicyclic amines) is 1. The number of carbonyl (C=O) groups is 1. The second-order valence-electron chi connectivity index (χ2n) is 4.30. The Labute approximate surface area is 107 Å². The predicted octanol–water partition coefficient (Wildman–Crippen LogP) is 3.21. The van der Waals surface area contributed by atoms with Gasteiger partial charge < -0.3 is 10.2 Å². The van der Waals surface area contributed by atoms with E-state index in [0.29, 0.717) is 0 Å². The average Bonchev–Trinajstić information content (AvgIpc) is 2.25. The standard InChI is InChI=1S/C13H17ClN2O/c1-2-12(10-4-6-11(14)7-5-10)15-13(17)16-8-3-9-16/h4-7,12H,2-3,8-9H2,1H3,(H,15,17)/t12-/m0/s1. The lowest BCUT2D eigenvalue weighted by Crippen LogP contribution is -2.48. The van der Waals surface area contributed by atoms with Crippen LogP contribution in [0.5, 0.6) is 0 Å². The van der Waals surface area contributed by atoms with E-state index in [1.54, 1.807) is 0 Å². The molecule has 0 spiro atoms. The van der Waals surface area contributed by atoms with Crippen molar-refractivity contribution in [2.75, 3.05) is 13.1 Å². The molecule has 1 heterocycles. The number of halogens is 1. The Morgan fingerprint density at radius 2 is 2.06 bits per heavy atom. The summed E-state index contributed by atoms with van der Waals surface area (Å²) in [7, 11) is 0. The molecule has 2 rings (SSSR count). The highest BCUT2D eigenvalue weighted by atomic mass is 35.5. The van der Waals surface area contributed by atoms with E-state index in [1.165, 1.54) is 0 Å². The summed E-state index contributed by atoms with van der Waals surface area (Å²) < 4.78 is 0. The molecule has 1 N–H and O–H groups in total. The molecule has 1 aliphatic heterocycles. The molecule has 0 aromatic heterocycles. The van der Waals surface area contributed by atoms with Crippen molar-refractivity contribution in [2.24, 2.45) is 0 Å². The zero-order valence-corrected chi connectivity index (χ0v) is 10.7. The number of amides is 2. The third kappa shape index (κ3) is 2.91. The minimum atomic E-state index is 0.0399. The summed E-state index contributed by atoms with van der Waals surface area (Å²) in [5, 5.41) is 3.77. The molecule has 0 bridgehead atoms. The van der Waals surface area contributed by atoms with Gasteiger partial charge in [-0.1, -0.05) is 30.7 Å². The molecule has 0 saturated carbocycles. The highest BCUT2D eigenvalue weighted by Gasteiger charge is 2.22. The van der Waals surface area contributed by atoms with Gasteiger partial charge in [0.2, 0.25) is 0 Å². The number of hydrogen-bond acceptors (Lipinski definition) is 1.